The van der Waals surface area contributed by atoms with Crippen molar-refractivity contribution in [2.45, 2.75) is 34.2 Å². The number of benzene rings is 1. The van der Waals surface area contributed by atoms with Gasteiger partial charge in [-0.1, -0.05) is 61.8 Å². The lowest BCUT2D eigenvalue weighted by atomic mass is 9.92. The standard InChI is InChI=1S/C17H29BrN2/c1-14(2)10-19-12-17(3,4)13-20(5)11-15-8-6-7-9-16(15)18/h6-9,14,19H,10-13H2,1-5H3. The molecule has 0 amide bonds. The third-order valence-corrected chi connectivity index (χ3v) is 4.03. The lowest BCUT2D eigenvalue weighted by Gasteiger charge is -2.31. The molecule has 0 bridgehead atoms. The summed E-state index contributed by atoms with van der Waals surface area (Å²) in [5, 5.41) is 3.57. The maximum Gasteiger partial charge on any atom is 0.0242 e. The van der Waals surface area contributed by atoms with Gasteiger partial charge in [0.2, 0.25) is 0 Å². The Morgan fingerprint density at radius 3 is 2.50 bits per heavy atom. The molecular formula is C17H29BrN2. The van der Waals surface area contributed by atoms with Crippen LogP contribution in [0, 0.1) is 11.3 Å². The number of halogens is 1. The molecule has 0 fully saturated rings. The fourth-order valence-corrected chi connectivity index (χ4v) is 2.87. The topological polar surface area (TPSA) is 15.3 Å². The van der Waals surface area contributed by atoms with Crippen molar-refractivity contribution in [2.24, 2.45) is 11.3 Å². The monoisotopic (exact) mass is 340 g/mol. The fourth-order valence-electron chi connectivity index (χ4n) is 2.46. The van der Waals surface area contributed by atoms with E-state index >= 15 is 0 Å². The average molecular weight is 341 g/mol. The van der Waals surface area contributed by atoms with E-state index < -0.39 is 0 Å². The van der Waals surface area contributed by atoms with E-state index in [1.165, 1.54) is 10.0 Å². The van der Waals surface area contributed by atoms with Crippen LogP contribution in [-0.2, 0) is 6.54 Å². The molecule has 3 heteroatoms. The smallest absolute Gasteiger partial charge is 0.0242 e. The summed E-state index contributed by atoms with van der Waals surface area (Å²) in [4.78, 5) is 2.40. The van der Waals surface area contributed by atoms with Crippen molar-refractivity contribution < 1.29 is 0 Å². The summed E-state index contributed by atoms with van der Waals surface area (Å²) < 4.78 is 1.20. The molecule has 1 N–H and O–H groups in total. The maximum atomic E-state index is 3.62. The molecule has 0 aliphatic carbocycles. The van der Waals surface area contributed by atoms with Crippen LogP contribution >= 0.6 is 15.9 Å². The molecule has 0 aromatic heterocycles. The van der Waals surface area contributed by atoms with Gasteiger partial charge in [-0.15, -0.1) is 0 Å². The lowest BCUT2D eigenvalue weighted by molar-refractivity contribution is 0.197. The highest BCUT2D eigenvalue weighted by Gasteiger charge is 2.20. The fraction of sp³-hybridized carbons (Fsp3) is 0.647. The minimum atomic E-state index is 0.283. The van der Waals surface area contributed by atoms with E-state index in [0.717, 1.165) is 26.2 Å². The molecule has 0 saturated heterocycles. The van der Waals surface area contributed by atoms with Gasteiger partial charge in [0.05, 0.1) is 0 Å². The first-order valence-corrected chi connectivity index (χ1v) is 8.22. The third kappa shape index (κ3) is 6.87. The Balaban J connectivity index is 2.44. The lowest BCUT2D eigenvalue weighted by Crippen LogP contribution is -2.39. The molecule has 1 aromatic rings. The van der Waals surface area contributed by atoms with Gasteiger partial charge in [0.15, 0.2) is 0 Å². The molecule has 0 saturated carbocycles. The molecule has 114 valence electrons. The van der Waals surface area contributed by atoms with Gasteiger partial charge in [-0.25, -0.2) is 0 Å². The minimum Gasteiger partial charge on any atom is -0.316 e. The van der Waals surface area contributed by atoms with Gasteiger partial charge in [0.1, 0.15) is 0 Å². The summed E-state index contributed by atoms with van der Waals surface area (Å²) in [6.07, 6.45) is 0. The average Bonchev–Trinajstić information content (AvgIpc) is 2.30. The molecule has 0 heterocycles. The largest absolute Gasteiger partial charge is 0.316 e. The van der Waals surface area contributed by atoms with Crippen LogP contribution in [0.4, 0.5) is 0 Å². The molecule has 0 unspecified atom stereocenters. The predicted octanol–water partition coefficient (Wildman–Crippen LogP) is 4.15. The molecule has 2 nitrogen and oxygen atoms in total. The summed E-state index contributed by atoms with van der Waals surface area (Å²) in [6, 6.07) is 8.46. The molecule has 0 radical (unpaired) electrons. The van der Waals surface area contributed by atoms with Crippen LogP contribution in [0.15, 0.2) is 28.7 Å². The van der Waals surface area contributed by atoms with E-state index in [0.29, 0.717) is 5.92 Å². The van der Waals surface area contributed by atoms with Crippen molar-refractivity contribution in [1.82, 2.24) is 10.2 Å². The second-order valence-corrected chi connectivity index (χ2v) is 7.81. The highest BCUT2D eigenvalue weighted by Crippen LogP contribution is 2.20. The number of rotatable bonds is 8. The minimum absolute atomic E-state index is 0.283. The first-order chi connectivity index (χ1) is 9.30. The van der Waals surface area contributed by atoms with Crippen molar-refractivity contribution in [2.75, 3.05) is 26.7 Å². The summed E-state index contributed by atoms with van der Waals surface area (Å²) >= 11 is 3.62. The first kappa shape index (κ1) is 17.7. The summed E-state index contributed by atoms with van der Waals surface area (Å²) in [7, 11) is 2.20. The third-order valence-electron chi connectivity index (χ3n) is 3.25. The molecule has 0 spiro atoms. The Morgan fingerprint density at radius 1 is 1.25 bits per heavy atom. The van der Waals surface area contributed by atoms with E-state index in [1.807, 2.05) is 0 Å². The Bertz CT molecular complexity index is 402. The Kier molecular flexibility index (Phi) is 7.21. The molecule has 0 atom stereocenters. The molecule has 20 heavy (non-hydrogen) atoms. The van der Waals surface area contributed by atoms with Gasteiger partial charge in [-0.2, -0.15) is 0 Å². The zero-order valence-corrected chi connectivity index (χ0v) is 15.1. The number of nitrogens with one attached hydrogen (secondary N) is 1. The van der Waals surface area contributed by atoms with Crippen LogP contribution in [0.25, 0.3) is 0 Å². The van der Waals surface area contributed by atoms with Gasteiger partial charge in [0.25, 0.3) is 0 Å². The number of hydrogen-bond acceptors (Lipinski definition) is 2. The van der Waals surface area contributed by atoms with Gasteiger partial charge < -0.3 is 10.2 Å². The van der Waals surface area contributed by atoms with Crippen LogP contribution in [0.1, 0.15) is 33.3 Å². The van der Waals surface area contributed by atoms with Gasteiger partial charge in [0, 0.05) is 24.1 Å². The van der Waals surface area contributed by atoms with E-state index in [-0.39, 0.29) is 5.41 Å². The van der Waals surface area contributed by atoms with Crippen LogP contribution in [0.5, 0.6) is 0 Å². The second kappa shape index (κ2) is 8.16. The zero-order chi connectivity index (χ0) is 15.2. The van der Waals surface area contributed by atoms with E-state index in [1.54, 1.807) is 0 Å². The SMILES string of the molecule is CC(C)CNCC(C)(C)CN(C)Cc1ccccc1Br. The van der Waals surface area contributed by atoms with E-state index in [9.17, 15) is 0 Å². The normalized spacial score (nSPS) is 12.4. The number of nitrogens with zero attached hydrogens (tertiary/aromatic N) is 1. The van der Waals surface area contributed by atoms with Crippen molar-refractivity contribution in [3.63, 3.8) is 0 Å². The van der Waals surface area contributed by atoms with Crippen LogP contribution in [-0.4, -0.2) is 31.6 Å². The maximum absolute atomic E-state index is 3.62. The van der Waals surface area contributed by atoms with Crippen LogP contribution < -0.4 is 5.32 Å². The Morgan fingerprint density at radius 2 is 1.90 bits per heavy atom. The zero-order valence-electron chi connectivity index (χ0n) is 13.5. The summed E-state index contributed by atoms with van der Waals surface area (Å²) in [5.74, 6) is 0.712. The van der Waals surface area contributed by atoms with E-state index in [2.05, 4.69) is 85.2 Å². The van der Waals surface area contributed by atoms with Crippen molar-refractivity contribution in [3.8, 4) is 0 Å². The Hall–Kier alpha value is -0.380. The first-order valence-electron chi connectivity index (χ1n) is 7.43. The van der Waals surface area contributed by atoms with Gasteiger partial charge in [-0.05, 0) is 36.6 Å². The quantitative estimate of drug-likeness (QED) is 0.764. The molecule has 0 aliphatic rings. The number of hydrogen-bond donors (Lipinski definition) is 1. The van der Waals surface area contributed by atoms with Gasteiger partial charge >= 0.3 is 0 Å². The van der Waals surface area contributed by atoms with Crippen LogP contribution in [0.3, 0.4) is 0 Å². The molecule has 1 rings (SSSR count). The van der Waals surface area contributed by atoms with Crippen molar-refractivity contribution in [3.05, 3.63) is 34.3 Å². The predicted molar refractivity (Wildman–Crippen MR) is 92.0 cm³/mol. The van der Waals surface area contributed by atoms with E-state index in [4.69, 9.17) is 0 Å². The molecular weight excluding hydrogens is 312 g/mol. The second-order valence-electron chi connectivity index (χ2n) is 6.95. The summed E-state index contributed by atoms with van der Waals surface area (Å²) in [6.45, 7) is 13.4. The van der Waals surface area contributed by atoms with Crippen molar-refractivity contribution >= 4 is 15.9 Å². The Labute approximate surface area is 133 Å². The highest BCUT2D eigenvalue weighted by molar-refractivity contribution is 9.10. The summed E-state index contributed by atoms with van der Waals surface area (Å²) in [5.41, 5.74) is 1.63. The van der Waals surface area contributed by atoms with Crippen LogP contribution in [0.2, 0.25) is 0 Å². The molecule has 0 aliphatic heterocycles. The molecule has 1 aromatic carbocycles. The highest BCUT2D eigenvalue weighted by atomic mass is 79.9. The van der Waals surface area contributed by atoms with Gasteiger partial charge in [-0.3, -0.25) is 0 Å². The van der Waals surface area contributed by atoms with Crippen molar-refractivity contribution in [1.29, 1.82) is 0 Å².